The van der Waals surface area contributed by atoms with E-state index < -0.39 is 10.0 Å². The van der Waals surface area contributed by atoms with Crippen molar-refractivity contribution in [3.05, 3.63) is 52.5 Å². The van der Waals surface area contributed by atoms with E-state index in [2.05, 4.69) is 5.32 Å². The third-order valence-corrected chi connectivity index (χ3v) is 5.51. The molecule has 2 aromatic rings. The molecule has 0 unspecified atom stereocenters. The zero-order valence-electron chi connectivity index (χ0n) is 15.4. The number of ether oxygens (including phenoxy) is 2. The van der Waals surface area contributed by atoms with Crippen molar-refractivity contribution in [2.24, 2.45) is 0 Å². The summed E-state index contributed by atoms with van der Waals surface area (Å²) in [6, 6.07) is 9.76. The lowest BCUT2D eigenvalue weighted by molar-refractivity contribution is 0.0950. The Morgan fingerprint density at radius 2 is 1.74 bits per heavy atom. The summed E-state index contributed by atoms with van der Waals surface area (Å²) in [6.45, 7) is 0.173. The Morgan fingerprint density at radius 1 is 1.15 bits per heavy atom. The van der Waals surface area contributed by atoms with Gasteiger partial charge in [0.05, 0.1) is 43.3 Å². The smallest absolute Gasteiger partial charge is 0.251 e. The molecule has 27 heavy (non-hydrogen) atoms. The summed E-state index contributed by atoms with van der Waals surface area (Å²) in [5, 5.41) is 3.01. The van der Waals surface area contributed by atoms with Crippen LogP contribution in [-0.4, -0.2) is 41.8 Å². The van der Waals surface area contributed by atoms with Crippen molar-refractivity contribution in [1.82, 2.24) is 5.32 Å². The molecular weight excluding hydrogens is 392 g/mol. The number of sulfonamides is 1. The van der Waals surface area contributed by atoms with Crippen LogP contribution < -0.4 is 19.1 Å². The summed E-state index contributed by atoms with van der Waals surface area (Å²) in [7, 11) is 0.932. The number of nitrogens with one attached hydrogen (secondary N) is 1. The highest BCUT2D eigenvalue weighted by molar-refractivity contribution is 7.92. The number of benzene rings is 2. The summed E-state index contributed by atoms with van der Waals surface area (Å²) in [6.07, 6.45) is 1.06. The molecule has 0 bridgehead atoms. The quantitative estimate of drug-likeness (QED) is 0.755. The number of rotatable bonds is 7. The van der Waals surface area contributed by atoms with Gasteiger partial charge in [0.1, 0.15) is 11.5 Å². The monoisotopic (exact) mass is 412 g/mol. The fourth-order valence-corrected chi connectivity index (χ4v) is 3.25. The molecule has 0 atom stereocenters. The number of carbonyl (C=O) groups is 1. The Kier molecular flexibility index (Phi) is 6.56. The minimum atomic E-state index is -3.51. The average Bonchev–Trinajstić information content (AvgIpc) is 2.64. The maximum Gasteiger partial charge on any atom is 0.251 e. The van der Waals surface area contributed by atoms with Crippen molar-refractivity contribution in [3.63, 3.8) is 0 Å². The molecular formula is C18H21ClN2O5S. The molecule has 7 nitrogen and oxygen atoms in total. The van der Waals surface area contributed by atoms with E-state index in [9.17, 15) is 13.2 Å². The number of carbonyl (C=O) groups excluding carboxylic acids is 1. The highest BCUT2D eigenvalue weighted by Gasteiger charge is 2.18. The number of amides is 1. The van der Waals surface area contributed by atoms with Crippen LogP contribution in [0.25, 0.3) is 0 Å². The van der Waals surface area contributed by atoms with E-state index in [1.807, 2.05) is 0 Å². The van der Waals surface area contributed by atoms with Crippen LogP contribution in [0.2, 0.25) is 5.02 Å². The minimum Gasteiger partial charge on any atom is -0.496 e. The van der Waals surface area contributed by atoms with E-state index in [1.54, 1.807) is 18.2 Å². The topological polar surface area (TPSA) is 84.9 Å². The third-order valence-electron chi connectivity index (χ3n) is 4.00. The predicted octanol–water partition coefficient (Wildman–Crippen LogP) is 2.68. The summed E-state index contributed by atoms with van der Waals surface area (Å²) in [5.74, 6) is 0.786. The zero-order valence-corrected chi connectivity index (χ0v) is 17.0. The van der Waals surface area contributed by atoms with Crippen LogP contribution in [0.15, 0.2) is 36.4 Å². The lowest BCUT2D eigenvalue weighted by atomic mass is 10.1. The van der Waals surface area contributed by atoms with Crippen molar-refractivity contribution in [1.29, 1.82) is 0 Å². The number of nitrogens with zero attached hydrogens (tertiary/aromatic N) is 1. The van der Waals surface area contributed by atoms with E-state index in [0.29, 0.717) is 17.1 Å². The number of methoxy groups -OCH3 is 2. The van der Waals surface area contributed by atoms with Gasteiger partial charge in [0.2, 0.25) is 10.0 Å². The van der Waals surface area contributed by atoms with Gasteiger partial charge in [0.25, 0.3) is 5.91 Å². The van der Waals surface area contributed by atoms with Gasteiger partial charge in [0.15, 0.2) is 0 Å². The molecule has 0 aliphatic rings. The molecule has 0 aliphatic carbocycles. The lowest BCUT2D eigenvalue weighted by Crippen LogP contribution is -2.27. The standard InChI is InChI=1S/C18H21ClN2O5S/c1-21(27(4,23)24)15-10-12(8-9-14(15)19)18(22)20-11-13-16(25-2)6-5-7-17(13)26-3/h5-10H,11H2,1-4H3,(H,20,22). The second kappa shape index (κ2) is 8.49. The Hall–Kier alpha value is -2.45. The highest BCUT2D eigenvalue weighted by atomic mass is 35.5. The Balaban J connectivity index is 2.25. The first-order valence-corrected chi connectivity index (χ1v) is 10.1. The number of anilines is 1. The first kappa shape index (κ1) is 20.9. The molecule has 1 amide bonds. The van der Waals surface area contributed by atoms with Crippen LogP contribution in [0.5, 0.6) is 11.5 Å². The van der Waals surface area contributed by atoms with Crippen molar-refractivity contribution < 1.29 is 22.7 Å². The molecule has 0 aromatic heterocycles. The van der Waals surface area contributed by atoms with Gasteiger partial charge in [-0.15, -0.1) is 0 Å². The van der Waals surface area contributed by atoms with Gasteiger partial charge in [0, 0.05) is 12.6 Å². The normalized spacial score (nSPS) is 11.0. The van der Waals surface area contributed by atoms with E-state index in [-0.39, 0.29) is 28.7 Å². The maximum absolute atomic E-state index is 12.5. The summed E-state index contributed by atoms with van der Waals surface area (Å²) in [4.78, 5) is 12.5. The van der Waals surface area contributed by atoms with Crippen LogP contribution in [0.1, 0.15) is 15.9 Å². The Morgan fingerprint density at radius 3 is 2.26 bits per heavy atom. The SMILES string of the molecule is COc1cccc(OC)c1CNC(=O)c1ccc(Cl)c(N(C)S(C)(=O)=O)c1. The van der Waals surface area contributed by atoms with E-state index >= 15 is 0 Å². The Bertz CT molecular complexity index is 925. The third kappa shape index (κ3) is 4.84. The average molecular weight is 413 g/mol. The van der Waals surface area contributed by atoms with Crippen molar-refractivity contribution in [2.45, 2.75) is 6.54 Å². The van der Waals surface area contributed by atoms with Gasteiger partial charge in [-0.1, -0.05) is 17.7 Å². The number of hydrogen-bond donors (Lipinski definition) is 1. The van der Waals surface area contributed by atoms with Crippen LogP contribution in [0.4, 0.5) is 5.69 Å². The molecule has 2 aromatic carbocycles. The number of hydrogen-bond acceptors (Lipinski definition) is 5. The summed E-state index contributed by atoms with van der Waals surface area (Å²) < 4.78 is 35.1. The van der Waals surface area contributed by atoms with Crippen LogP contribution in [0.3, 0.4) is 0 Å². The van der Waals surface area contributed by atoms with Crippen LogP contribution in [-0.2, 0) is 16.6 Å². The van der Waals surface area contributed by atoms with Gasteiger partial charge in [-0.25, -0.2) is 8.42 Å². The van der Waals surface area contributed by atoms with Crippen LogP contribution >= 0.6 is 11.6 Å². The van der Waals surface area contributed by atoms with Crippen molar-refractivity contribution in [3.8, 4) is 11.5 Å². The molecule has 1 N–H and O–H groups in total. The van der Waals surface area contributed by atoms with E-state index in [4.69, 9.17) is 21.1 Å². The second-order valence-electron chi connectivity index (χ2n) is 5.72. The lowest BCUT2D eigenvalue weighted by Gasteiger charge is -2.19. The summed E-state index contributed by atoms with van der Waals surface area (Å²) in [5.41, 5.74) is 1.19. The first-order valence-electron chi connectivity index (χ1n) is 7.90. The first-order chi connectivity index (χ1) is 12.7. The molecule has 146 valence electrons. The molecule has 0 saturated heterocycles. The Labute approximate surface area is 163 Å². The fraction of sp³-hybridized carbons (Fsp3) is 0.278. The molecule has 9 heteroatoms. The largest absolute Gasteiger partial charge is 0.496 e. The molecule has 0 saturated carbocycles. The molecule has 0 aliphatic heterocycles. The van der Waals surface area contributed by atoms with Gasteiger partial charge in [-0.3, -0.25) is 9.10 Å². The zero-order chi connectivity index (χ0) is 20.2. The van der Waals surface area contributed by atoms with Crippen molar-refractivity contribution in [2.75, 3.05) is 31.8 Å². The molecule has 0 heterocycles. The fourth-order valence-electron chi connectivity index (χ4n) is 2.45. The second-order valence-corrected chi connectivity index (χ2v) is 8.14. The van der Waals surface area contributed by atoms with E-state index in [0.717, 1.165) is 10.6 Å². The molecule has 0 radical (unpaired) electrons. The van der Waals surface area contributed by atoms with Gasteiger partial charge >= 0.3 is 0 Å². The number of halogens is 1. The predicted molar refractivity (Wildman–Crippen MR) is 105 cm³/mol. The highest BCUT2D eigenvalue weighted by Crippen LogP contribution is 2.29. The van der Waals surface area contributed by atoms with Gasteiger partial charge < -0.3 is 14.8 Å². The van der Waals surface area contributed by atoms with Crippen LogP contribution in [0, 0.1) is 0 Å². The van der Waals surface area contributed by atoms with Crippen molar-refractivity contribution >= 4 is 33.2 Å². The molecule has 0 fully saturated rings. The summed E-state index contributed by atoms with van der Waals surface area (Å²) >= 11 is 6.08. The maximum atomic E-state index is 12.5. The van der Waals surface area contributed by atoms with E-state index in [1.165, 1.54) is 39.5 Å². The van der Waals surface area contributed by atoms with Gasteiger partial charge in [-0.05, 0) is 30.3 Å². The molecule has 0 spiro atoms. The molecule has 2 rings (SSSR count). The van der Waals surface area contributed by atoms with Gasteiger partial charge in [-0.2, -0.15) is 0 Å². The minimum absolute atomic E-state index is 0.173.